The van der Waals surface area contributed by atoms with Crippen LogP contribution in [0.15, 0.2) is 71.7 Å². The summed E-state index contributed by atoms with van der Waals surface area (Å²) in [4.78, 5) is 64.4. The molecule has 1 aromatic heterocycles. The number of rotatable bonds is 18. The minimum atomic E-state index is -5.97. The molecule has 51 heavy (non-hydrogen) atoms. The molecule has 0 N–H and O–H groups in total. The van der Waals surface area contributed by atoms with Gasteiger partial charge in [-0.15, -0.1) is 0 Å². The average Bonchev–Trinajstić information content (AvgIpc) is 3.65. The summed E-state index contributed by atoms with van der Waals surface area (Å²) in [6.45, 7) is 1.07. The largest absolute Gasteiger partial charge is 0.778 e. The summed E-state index contributed by atoms with van der Waals surface area (Å²) in [5.74, 6) is -0.000769. The Kier molecular flexibility index (Phi) is 12.8. The number of hydrogen-bond acceptors (Lipinski definition) is 17. The number of unbranched alkanes of at least 4 members (excludes halogenated alkanes) is 3. The number of fused-ring (bicyclic) bond motifs is 1. The van der Waals surface area contributed by atoms with Gasteiger partial charge >= 0.3 is 5.69 Å². The topological polar surface area (TPSA) is 263 Å². The van der Waals surface area contributed by atoms with Crippen molar-refractivity contribution in [3.8, 4) is 5.88 Å². The first-order valence-corrected chi connectivity index (χ1v) is 20.3. The highest BCUT2D eigenvalue weighted by atomic mass is 31.3. The van der Waals surface area contributed by atoms with Crippen LogP contribution in [0.4, 0.5) is 5.69 Å². The molecule has 19 nitrogen and oxygen atoms in total. The van der Waals surface area contributed by atoms with Crippen molar-refractivity contribution >= 4 is 28.9 Å². The summed E-state index contributed by atoms with van der Waals surface area (Å²) in [7, 11) is -16.8. The third-order valence-electron chi connectivity index (χ3n) is 7.64. The van der Waals surface area contributed by atoms with Crippen molar-refractivity contribution in [1.82, 2.24) is 9.55 Å². The number of hydrogen-bond donors (Lipinski definition) is 0. The fourth-order valence-electron chi connectivity index (χ4n) is 5.26. The van der Waals surface area contributed by atoms with Crippen LogP contribution in [0.3, 0.4) is 0 Å². The molecular weight excluding hydrogens is 739 g/mol. The molecule has 2 fully saturated rings. The SMILES string of the molecule is CCCCCCP(=O)([O-])OP(=O)([O-])OP(=O)([O-])OC[C@H]1O[C@@H](n2ccc(OCc3ccccc3)nc2=O)[C@H]2OC(c3ccc([N+](=O)[O-])cc3)OC12. The number of nitrogens with zero attached hydrogens (tertiary/aromatic N) is 3. The number of aromatic nitrogens is 2. The van der Waals surface area contributed by atoms with E-state index in [9.17, 15) is 43.3 Å². The smallest absolute Gasteiger partial charge is 0.353 e. The van der Waals surface area contributed by atoms with E-state index >= 15 is 0 Å². The Morgan fingerprint density at radius 2 is 1.59 bits per heavy atom. The fourth-order valence-corrected chi connectivity index (χ4v) is 9.30. The minimum Gasteiger partial charge on any atom is -0.778 e. The van der Waals surface area contributed by atoms with Gasteiger partial charge in [0.1, 0.15) is 32.5 Å². The number of nitro groups is 1. The Balaban J connectivity index is 1.30. The summed E-state index contributed by atoms with van der Waals surface area (Å²) in [5.41, 5.74) is 0.119. The van der Waals surface area contributed by atoms with Crippen molar-refractivity contribution in [3.05, 3.63) is 98.6 Å². The van der Waals surface area contributed by atoms with E-state index in [1.165, 1.54) is 36.5 Å². The van der Waals surface area contributed by atoms with Crippen LogP contribution in [0.25, 0.3) is 0 Å². The summed E-state index contributed by atoms with van der Waals surface area (Å²) in [6, 6.07) is 15.7. The third kappa shape index (κ3) is 10.7. The van der Waals surface area contributed by atoms with Crippen LogP contribution in [-0.2, 0) is 47.7 Å². The molecule has 0 spiro atoms. The lowest BCUT2D eigenvalue weighted by atomic mass is 10.1. The van der Waals surface area contributed by atoms with E-state index in [-0.39, 0.29) is 24.6 Å². The monoisotopic (exact) mass is 772 g/mol. The summed E-state index contributed by atoms with van der Waals surface area (Å²) in [5, 5.41) is 11.1. The summed E-state index contributed by atoms with van der Waals surface area (Å²) >= 11 is 0. The second-order valence-corrected chi connectivity index (χ2v) is 16.4. The van der Waals surface area contributed by atoms with E-state index in [1.807, 2.05) is 37.3 Å². The summed E-state index contributed by atoms with van der Waals surface area (Å²) < 4.78 is 74.2. The van der Waals surface area contributed by atoms with Gasteiger partial charge in [0.2, 0.25) is 5.88 Å². The standard InChI is InChI=1S/C29H36N3O16P3/c1-2-3-4-8-17-49(36,37)47-51(40,41)48-50(38,39)43-19-23-25-26(46-28(45-25)21-11-13-22(14-12-21)32(34)35)27(44-23)31-16-15-24(30-29(31)33)42-18-20-9-6-5-7-10-20/h5-7,9-16,23,25-28H,2-4,8,17-19H2,1H3,(H,36,37)(H,38,39)(H,40,41)/p-3/t23-,25?,26+,27-,28?/m1/s1. The van der Waals surface area contributed by atoms with Crippen molar-refractivity contribution in [2.45, 2.75) is 70.0 Å². The highest BCUT2D eigenvalue weighted by molar-refractivity contribution is 7.66. The maximum Gasteiger partial charge on any atom is 0.353 e. The first-order valence-electron chi connectivity index (χ1n) is 15.6. The highest BCUT2D eigenvalue weighted by Crippen LogP contribution is 2.63. The zero-order valence-electron chi connectivity index (χ0n) is 26.9. The van der Waals surface area contributed by atoms with Crippen molar-refractivity contribution in [2.24, 2.45) is 0 Å². The van der Waals surface area contributed by atoms with Gasteiger partial charge in [-0.1, -0.05) is 56.5 Å². The molecular formula is C29H33N3O16P3-3. The lowest BCUT2D eigenvalue weighted by molar-refractivity contribution is -0.384. The Hall–Kier alpha value is -3.15. The van der Waals surface area contributed by atoms with Crippen molar-refractivity contribution in [3.63, 3.8) is 0 Å². The molecule has 2 aliphatic rings. The van der Waals surface area contributed by atoms with Gasteiger partial charge < -0.3 is 42.7 Å². The molecule has 0 radical (unpaired) electrons. The van der Waals surface area contributed by atoms with Gasteiger partial charge in [-0.3, -0.25) is 28.1 Å². The molecule has 0 saturated carbocycles. The van der Waals surface area contributed by atoms with E-state index in [1.54, 1.807) is 0 Å². The Bertz CT molecular complexity index is 1860. The van der Waals surface area contributed by atoms with E-state index < -0.39 is 77.5 Å². The first kappa shape index (κ1) is 39.1. The Morgan fingerprint density at radius 3 is 2.25 bits per heavy atom. The maximum atomic E-state index is 13.1. The number of non-ortho nitro benzene ring substituents is 1. The Morgan fingerprint density at radius 1 is 0.882 bits per heavy atom. The predicted molar refractivity (Wildman–Crippen MR) is 169 cm³/mol. The predicted octanol–water partition coefficient (Wildman–Crippen LogP) is 3.23. The molecule has 3 aromatic rings. The number of nitro benzene ring substituents is 1. The molecule has 5 unspecified atom stereocenters. The van der Waals surface area contributed by atoms with Crippen LogP contribution in [0, 0.1) is 10.1 Å². The van der Waals surface area contributed by atoms with Crippen molar-refractivity contribution < 1.29 is 65.4 Å². The lowest BCUT2D eigenvalue weighted by Crippen LogP contribution is -2.34. The van der Waals surface area contributed by atoms with Crippen LogP contribution in [0.5, 0.6) is 5.88 Å². The molecule has 2 saturated heterocycles. The number of phosphoric acid groups is 2. The van der Waals surface area contributed by atoms with E-state index in [4.69, 9.17) is 23.5 Å². The number of ether oxygens (including phenoxy) is 4. The van der Waals surface area contributed by atoms with Gasteiger partial charge in [0, 0.05) is 36.1 Å². The molecule has 3 heterocycles. The molecule has 22 heteroatoms. The second-order valence-electron chi connectivity index (χ2n) is 11.4. The quantitative estimate of drug-likeness (QED) is 0.0777. The normalized spacial score (nSPS) is 25.0. The second kappa shape index (κ2) is 16.7. The van der Waals surface area contributed by atoms with Crippen LogP contribution < -0.4 is 25.1 Å². The Labute approximate surface area is 290 Å². The lowest BCUT2D eigenvalue weighted by Gasteiger charge is -2.35. The average molecular weight is 773 g/mol. The minimum absolute atomic E-state index is 0.000769. The molecule has 2 aliphatic heterocycles. The van der Waals surface area contributed by atoms with Gasteiger partial charge in [0.25, 0.3) is 21.3 Å². The van der Waals surface area contributed by atoms with E-state index in [2.05, 4.69) is 13.6 Å². The van der Waals surface area contributed by atoms with Crippen molar-refractivity contribution in [2.75, 3.05) is 12.8 Å². The molecule has 2 aromatic carbocycles. The number of benzene rings is 2. The van der Waals surface area contributed by atoms with Gasteiger partial charge in [-0.2, -0.15) is 4.98 Å². The fraction of sp³-hybridized carbons (Fsp3) is 0.448. The molecule has 278 valence electrons. The van der Waals surface area contributed by atoms with Crippen LogP contribution in [0.1, 0.15) is 56.3 Å². The zero-order chi connectivity index (χ0) is 36.8. The third-order valence-corrected chi connectivity index (χ3v) is 12.4. The van der Waals surface area contributed by atoms with Gasteiger partial charge in [-0.05, 0) is 24.1 Å². The van der Waals surface area contributed by atoms with Crippen molar-refractivity contribution in [1.29, 1.82) is 0 Å². The zero-order valence-corrected chi connectivity index (χ0v) is 29.6. The van der Waals surface area contributed by atoms with Gasteiger partial charge in [-0.25, -0.2) is 9.11 Å². The van der Waals surface area contributed by atoms with Crippen LogP contribution >= 0.6 is 23.2 Å². The molecule has 8 atom stereocenters. The number of phosphoric ester groups is 1. The molecule has 0 amide bonds. The highest BCUT2D eigenvalue weighted by Gasteiger charge is 2.54. The van der Waals surface area contributed by atoms with Gasteiger partial charge in [0.05, 0.1) is 11.5 Å². The molecule has 0 aliphatic carbocycles. The maximum absolute atomic E-state index is 13.1. The van der Waals surface area contributed by atoms with Crippen LogP contribution in [-0.4, -0.2) is 45.6 Å². The van der Waals surface area contributed by atoms with E-state index in [0.717, 1.165) is 16.6 Å². The van der Waals surface area contributed by atoms with Crippen LogP contribution in [0.2, 0.25) is 0 Å². The molecule has 5 rings (SSSR count). The van der Waals surface area contributed by atoms with Gasteiger partial charge in [0.15, 0.2) is 12.5 Å². The molecule has 0 bridgehead atoms. The summed E-state index contributed by atoms with van der Waals surface area (Å²) in [6.07, 6.45) is -3.39. The van der Waals surface area contributed by atoms with E-state index in [0.29, 0.717) is 18.4 Å². The first-order chi connectivity index (χ1) is 24.2.